The predicted octanol–water partition coefficient (Wildman–Crippen LogP) is 4.66. The second-order valence-corrected chi connectivity index (χ2v) is 5.84. The highest BCUT2D eigenvalue weighted by Crippen LogP contribution is 2.18. The van der Waals surface area contributed by atoms with E-state index in [2.05, 4.69) is 15.9 Å². The number of Topliss-reactive ketones (excluding diaryl/α,β-unsaturated/α-hetero) is 1. The molecule has 2 rings (SSSR count). The summed E-state index contributed by atoms with van der Waals surface area (Å²) >= 11 is 3.42. The number of carbonyl (C=O) groups is 1. The summed E-state index contributed by atoms with van der Waals surface area (Å²) in [6.07, 6.45) is 0.496. The van der Waals surface area contributed by atoms with Gasteiger partial charge in [-0.3, -0.25) is 4.79 Å². The Hall–Kier alpha value is -1.61. The largest absolute Gasteiger partial charge is 0.491 e. The van der Waals surface area contributed by atoms with Gasteiger partial charge in [0.25, 0.3) is 0 Å². The fourth-order valence-electron chi connectivity index (χ4n) is 1.95. The Labute approximate surface area is 127 Å². The van der Waals surface area contributed by atoms with Crippen molar-refractivity contribution in [1.82, 2.24) is 0 Å². The predicted molar refractivity (Wildman–Crippen MR) is 84.4 cm³/mol. The topological polar surface area (TPSA) is 26.3 Å². The molecule has 0 atom stereocenters. The third-order valence-electron chi connectivity index (χ3n) is 2.78. The Morgan fingerprint density at radius 2 is 1.90 bits per heavy atom. The van der Waals surface area contributed by atoms with E-state index in [-0.39, 0.29) is 11.9 Å². The van der Waals surface area contributed by atoms with Crippen LogP contribution in [0.1, 0.15) is 29.8 Å². The van der Waals surface area contributed by atoms with Crippen LogP contribution in [0.15, 0.2) is 53.0 Å². The summed E-state index contributed by atoms with van der Waals surface area (Å²) in [7, 11) is 0. The molecule has 0 unspecified atom stereocenters. The lowest BCUT2D eigenvalue weighted by Crippen LogP contribution is -2.07. The van der Waals surface area contributed by atoms with E-state index >= 15 is 0 Å². The van der Waals surface area contributed by atoms with Crippen LogP contribution in [-0.4, -0.2) is 11.9 Å². The highest BCUT2D eigenvalue weighted by Gasteiger charge is 2.09. The molecule has 0 spiro atoms. The van der Waals surface area contributed by atoms with Crippen molar-refractivity contribution >= 4 is 21.7 Å². The molecule has 2 aromatic rings. The summed E-state index contributed by atoms with van der Waals surface area (Å²) in [6, 6.07) is 15.2. The number of rotatable bonds is 5. The van der Waals surface area contributed by atoms with E-state index in [0.29, 0.717) is 12.0 Å². The van der Waals surface area contributed by atoms with Crippen LogP contribution in [0.2, 0.25) is 0 Å². The Bertz CT molecular complexity index is 605. The summed E-state index contributed by atoms with van der Waals surface area (Å²) in [4.78, 5) is 12.3. The fraction of sp³-hybridized carbons (Fsp3) is 0.235. The number of benzene rings is 2. The van der Waals surface area contributed by atoms with Crippen LogP contribution in [0.3, 0.4) is 0 Å². The molecule has 0 aliphatic rings. The van der Waals surface area contributed by atoms with Gasteiger partial charge in [-0.2, -0.15) is 0 Å². The van der Waals surface area contributed by atoms with Gasteiger partial charge >= 0.3 is 0 Å². The van der Waals surface area contributed by atoms with Gasteiger partial charge in [0.2, 0.25) is 0 Å². The SMILES string of the molecule is CC(C)Oc1cccc(C(=O)Cc2cccc(Br)c2)c1. The maximum Gasteiger partial charge on any atom is 0.167 e. The standard InChI is InChI=1S/C17H17BrO2/c1-12(2)20-16-8-4-6-14(11-16)17(19)10-13-5-3-7-15(18)9-13/h3-9,11-12H,10H2,1-2H3. The smallest absolute Gasteiger partial charge is 0.167 e. The van der Waals surface area contributed by atoms with Crippen LogP contribution in [0.25, 0.3) is 0 Å². The quantitative estimate of drug-likeness (QED) is 0.744. The Morgan fingerprint density at radius 3 is 2.60 bits per heavy atom. The van der Waals surface area contributed by atoms with Gasteiger partial charge in [0.05, 0.1) is 6.10 Å². The zero-order chi connectivity index (χ0) is 14.5. The first kappa shape index (κ1) is 14.8. The van der Waals surface area contributed by atoms with Gasteiger partial charge in [0, 0.05) is 16.5 Å². The minimum absolute atomic E-state index is 0.0947. The summed E-state index contributed by atoms with van der Waals surface area (Å²) in [5.41, 5.74) is 1.68. The number of ketones is 1. The van der Waals surface area contributed by atoms with E-state index in [0.717, 1.165) is 15.8 Å². The molecule has 2 nitrogen and oxygen atoms in total. The van der Waals surface area contributed by atoms with Crippen molar-refractivity contribution < 1.29 is 9.53 Å². The highest BCUT2D eigenvalue weighted by molar-refractivity contribution is 9.10. The van der Waals surface area contributed by atoms with Gasteiger partial charge in [0.1, 0.15) is 5.75 Å². The van der Waals surface area contributed by atoms with E-state index < -0.39 is 0 Å². The molecule has 0 aliphatic heterocycles. The van der Waals surface area contributed by atoms with Crippen molar-refractivity contribution in [3.05, 3.63) is 64.1 Å². The molecular formula is C17H17BrO2. The van der Waals surface area contributed by atoms with Crippen LogP contribution >= 0.6 is 15.9 Å². The average Bonchev–Trinajstić information content (AvgIpc) is 2.38. The highest BCUT2D eigenvalue weighted by atomic mass is 79.9. The molecule has 0 aromatic heterocycles. The van der Waals surface area contributed by atoms with E-state index in [4.69, 9.17) is 4.74 Å². The lowest BCUT2D eigenvalue weighted by Gasteiger charge is -2.10. The molecule has 0 saturated heterocycles. The summed E-state index contributed by atoms with van der Waals surface area (Å²) in [5.74, 6) is 0.831. The first-order chi connectivity index (χ1) is 9.54. The molecule has 0 radical (unpaired) electrons. The molecule has 0 heterocycles. The minimum Gasteiger partial charge on any atom is -0.491 e. The molecule has 0 saturated carbocycles. The van der Waals surface area contributed by atoms with E-state index in [1.807, 2.05) is 56.3 Å². The van der Waals surface area contributed by atoms with Crippen molar-refractivity contribution in [3.8, 4) is 5.75 Å². The lowest BCUT2D eigenvalue weighted by atomic mass is 10.0. The van der Waals surface area contributed by atoms with Crippen LogP contribution < -0.4 is 4.74 Å². The second-order valence-electron chi connectivity index (χ2n) is 4.92. The number of hydrogen-bond donors (Lipinski definition) is 0. The Kier molecular flexibility index (Phi) is 4.96. The molecule has 20 heavy (non-hydrogen) atoms. The molecule has 0 N–H and O–H groups in total. The van der Waals surface area contributed by atoms with E-state index in [9.17, 15) is 4.79 Å². The van der Waals surface area contributed by atoms with Gasteiger partial charge in [0.15, 0.2) is 5.78 Å². The summed E-state index contributed by atoms with van der Waals surface area (Å²) in [6.45, 7) is 3.94. The molecule has 0 fully saturated rings. The molecule has 3 heteroatoms. The van der Waals surface area contributed by atoms with Gasteiger partial charge in [-0.15, -0.1) is 0 Å². The maximum absolute atomic E-state index is 12.3. The number of hydrogen-bond acceptors (Lipinski definition) is 2. The van der Waals surface area contributed by atoms with Crippen molar-refractivity contribution in [3.63, 3.8) is 0 Å². The van der Waals surface area contributed by atoms with Gasteiger partial charge < -0.3 is 4.74 Å². The van der Waals surface area contributed by atoms with Crippen LogP contribution in [0.5, 0.6) is 5.75 Å². The molecule has 2 aromatic carbocycles. The van der Waals surface area contributed by atoms with Crippen LogP contribution in [0.4, 0.5) is 0 Å². The Morgan fingerprint density at radius 1 is 1.15 bits per heavy atom. The van der Waals surface area contributed by atoms with E-state index in [1.165, 1.54) is 0 Å². The van der Waals surface area contributed by atoms with Gasteiger partial charge in [-0.05, 0) is 43.7 Å². The number of halogens is 1. The fourth-order valence-corrected chi connectivity index (χ4v) is 2.40. The Balaban J connectivity index is 2.13. The number of ether oxygens (including phenoxy) is 1. The van der Waals surface area contributed by atoms with Crippen molar-refractivity contribution in [2.45, 2.75) is 26.4 Å². The molecule has 0 bridgehead atoms. The molecular weight excluding hydrogens is 316 g/mol. The molecule has 0 aliphatic carbocycles. The first-order valence-electron chi connectivity index (χ1n) is 6.59. The zero-order valence-corrected chi connectivity index (χ0v) is 13.2. The normalized spacial score (nSPS) is 10.6. The van der Waals surface area contributed by atoms with Crippen LogP contribution in [-0.2, 0) is 6.42 Å². The zero-order valence-electron chi connectivity index (χ0n) is 11.6. The van der Waals surface area contributed by atoms with Gasteiger partial charge in [-0.25, -0.2) is 0 Å². The average molecular weight is 333 g/mol. The summed E-state index contributed by atoms with van der Waals surface area (Å²) < 4.78 is 6.60. The minimum atomic E-state index is 0.0947. The first-order valence-corrected chi connectivity index (χ1v) is 7.38. The third-order valence-corrected chi connectivity index (χ3v) is 3.27. The third kappa shape index (κ3) is 4.20. The van der Waals surface area contributed by atoms with E-state index in [1.54, 1.807) is 6.07 Å². The van der Waals surface area contributed by atoms with Crippen LogP contribution in [0, 0.1) is 0 Å². The lowest BCUT2D eigenvalue weighted by molar-refractivity contribution is 0.0992. The monoisotopic (exact) mass is 332 g/mol. The maximum atomic E-state index is 12.3. The molecule has 0 amide bonds. The van der Waals surface area contributed by atoms with Crippen molar-refractivity contribution in [2.24, 2.45) is 0 Å². The number of carbonyl (C=O) groups excluding carboxylic acids is 1. The molecule has 104 valence electrons. The van der Waals surface area contributed by atoms with Crippen molar-refractivity contribution in [1.29, 1.82) is 0 Å². The second kappa shape index (κ2) is 6.71. The van der Waals surface area contributed by atoms with Gasteiger partial charge in [-0.1, -0.05) is 40.2 Å². The van der Waals surface area contributed by atoms with Crippen molar-refractivity contribution in [2.75, 3.05) is 0 Å². The summed E-state index contributed by atoms with van der Waals surface area (Å²) in [5, 5.41) is 0.